The highest BCUT2D eigenvalue weighted by molar-refractivity contribution is 4.99. The molecule has 1 rings (SSSR count). The van der Waals surface area contributed by atoms with Gasteiger partial charge in [-0.05, 0) is 18.8 Å². The molecule has 1 saturated carbocycles. The average Bonchev–Trinajstić information content (AvgIpc) is 2.57. The zero-order valence-electron chi connectivity index (χ0n) is 9.03. The van der Waals surface area contributed by atoms with Crippen molar-refractivity contribution in [2.45, 2.75) is 44.3 Å². The summed E-state index contributed by atoms with van der Waals surface area (Å²) < 4.78 is 36.4. The van der Waals surface area contributed by atoms with Gasteiger partial charge in [0.2, 0.25) is 0 Å². The van der Waals surface area contributed by atoms with Crippen molar-refractivity contribution in [1.29, 1.82) is 0 Å². The molecule has 0 heterocycles. The summed E-state index contributed by atoms with van der Waals surface area (Å²) in [5.41, 5.74) is 5.15. The molecule has 0 bridgehead atoms. The van der Waals surface area contributed by atoms with Gasteiger partial charge in [-0.1, -0.05) is 19.8 Å². The molecule has 2 nitrogen and oxygen atoms in total. The van der Waals surface area contributed by atoms with Gasteiger partial charge in [0.15, 0.2) is 0 Å². The van der Waals surface area contributed by atoms with Crippen molar-refractivity contribution in [3.63, 3.8) is 0 Å². The van der Waals surface area contributed by atoms with E-state index in [0.29, 0.717) is 6.54 Å². The molecule has 15 heavy (non-hydrogen) atoms. The second kappa shape index (κ2) is 4.70. The predicted molar refractivity (Wildman–Crippen MR) is 53.5 cm³/mol. The van der Waals surface area contributed by atoms with E-state index in [2.05, 4.69) is 5.32 Å². The molecule has 90 valence electrons. The van der Waals surface area contributed by atoms with Gasteiger partial charge in [-0.3, -0.25) is 0 Å². The first-order chi connectivity index (χ1) is 6.93. The number of nitrogens with one attached hydrogen (secondary N) is 1. The standard InChI is InChI=1S/C10H19F3N2/c1-2-8-4-3-5-9(8,6-14)15-7-10(11,12)13/h8,15H,2-7,14H2,1H3. The van der Waals surface area contributed by atoms with Gasteiger partial charge in [0.1, 0.15) is 0 Å². The van der Waals surface area contributed by atoms with E-state index in [1.54, 1.807) is 0 Å². The van der Waals surface area contributed by atoms with Crippen LogP contribution in [0.15, 0.2) is 0 Å². The van der Waals surface area contributed by atoms with Gasteiger partial charge in [0.25, 0.3) is 0 Å². The first-order valence-electron chi connectivity index (χ1n) is 5.45. The van der Waals surface area contributed by atoms with Crippen LogP contribution < -0.4 is 11.1 Å². The molecule has 1 aliphatic carbocycles. The van der Waals surface area contributed by atoms with Crippen LogP contribution in [-0.4, -0.2) is 24.8 Å². The third-order valence-electron chi connectivity index (χ3n) is 3.45. The van der Waals surface area contributed by atoms with Crippen molar-refractivity contribution >= 4 is 0 Å². The molecular weight excluding hydrogens is 205 g/mol. The number of rotatable bonds is 4. The fourth-order valence-corrected chi connectivity index (χ4v) is 2.59. The van der Waals surface area contributed by atoms with Crippen LogP contribution >= 0.6 is 0 Å². The summed E-state index contributed by atoms with van der Waals surface area (Å²) in [5, 5.41) is 2.64. The summed E-state index contributed by atoms with van der Waals surface area (Å²) >= 11 is 0. The summed E-state index contributed by atoms with van der Waals surface area (Å²) in [6, 6.07) is 0. The lowest BCUT2D eigenvalue weighted by Crippen LogP contribution is -2.56. The van der Waals surface area contributed by atoms with E-state index >= 15 is 0 Å². The van der Waals surface area contributed by atoms with Crippen molar-refractivity contribution in [3.05, 3.63) is 0 Å². The highest BCUT2D eigenvalue weighted by Crippen LogP contribution is 2.37. The quantitative estimate of drug-likeness (QED) is 0.767. The molecule has 0 saturated heterocycles. The fourth-order valence-electron chi connectivity index (χ4n) is 2.59. The molecule has 3 N–H and O–H groups in total. The Morgan fingerprint density at radius 1 is 1.47 bits per heavy atom. The molecular formula is C10H19F3N2. The van der Waals surface area contributed by atoms with Crippen LogP contribution in [0.25, 0.3) is 0 Å². The van der Waals surface area contributed by atoms with Crippen molar-refractivity contribution in [2.75, 3.05) is 13.1 Å². The van der Waals surface area contributed by atoms with Crippen LogP contribution in [0.4, 0.5) is 13.2 Å². The van der Waals surface area contributed by atoms with Crippen molar-refractivity contribution in [2.24, 2.45) is 11.7 Å². The van der Waals surface area contributed by atoms with Crippen molar-refractivity contribution in [1.82, 2.24) is 5.32 Å². The second-order valence-electron chi connectivity index (χ2n) is 4.33. The van der Waals surface area contributed by atoms with Gasteiger partial charge in [-0.15, -0.1) is 0 Å². The minimum absolute atomic E-state index is 0.282. The molecule has 0 aromatic heterocycles. The Hall–Kier alpha value is -0.290. The van der Waals surface area contributed by atoms with E-state index in [9.17, 15) is 13.2 Å². The smallest absolute Gasteiger partial charge is 0.329 e. The molecule has 1 aliphatic rings. The SMILES string of the molecule is CCC1CCCC1(CN)NCC(F)(F)F. The largest absolute Gasteiger partial charge is 0.401 e. The van der Waals surface area contributed by atoms with Crippen molar-refractivity contribution in [3.8, 4) is 0 Å². The molecule has 5 heteroatoms. The van der Waals surface area contributed by atoms with Crippen LogP contribution in [0.5, 0.6) is 0 Å². The maximum absolute atomic E-state index is 12.1. The number of hydrogen-bond donors (Lipinski definition) is 2. The molecule has 1 fully saturated rings. The summed E-state index contributed by atoms with van der Waals surface area (Å²) in [6.45, 7) is 1.37. The summed E-state index contributed by atoms with van der Waals surface area (Å²) in [6.07, 6.45) is -0.539. The van der Waals surface area contributed by atoms with Gasteiger partial charge in [0.05, 0.1) is 6.54 Å². The highest BCUT2D eigenvalue weighted by atomic mass is 19.4. The van der Waals surface area contributed by atoms with E-state index in [0.717, 1.165) is 25.7 Å². The van der Waals surface area contributed by atoms with Crippen LogP contribution in [0.3, 0.4) is 0 Å². The van der Waals surface area contributed by atoms with E-state index in [4.69, 9.17) is 5.73 Å². The van der Waals surface area contributed by atoms with E-state index in [1.807, 2.05) is 6.92 Å². The Bertz CT molecular complexity index is 205. The number of hydrogen-bond acceptors (Lipinski definition) is 2. The first kappa shape index (κ1) is 12.8. The van der Waals surface area contributed by atoms with E-state index < -0.39 is 18.3 Å². The second-order valence-corrected chi connectivity index (χ2v) is 4.33. The molecule has 0 aliphatic heterocycles. The zero-order chi connectivity index (χ0) is 11.5. The minimum atomic E-state index is -4.15. The summed E-state index contributed by atoms with van der Waals surface area (Å²) in [4.78, 5) is 0. The normalized spacial score (nSPS) is 32.2. The lowest BCUT2D eigenvalue weighted by atomic mass is 9.85. The fraction of sp³-hybridized carbons (Fsp3) is 1.00. The maximum atomic E-state index is 12.1. The lowest BCUT2D eigenvalue weighted by molar-refractivity contribution is -0.129. The van der Waals surface area contributed by atoms with Crippen LogP contribution in [0, 0.1) is 5.92 Å². The van der Waals surface area contributed by atoms with Gasteiger partial charge >= 0.3 is 6.18 Å². The molecule has 0 aromatic rings. The minimum Gasteiger partial charge on any atom is -0.329 e. The average molecular weight is 224 g/mol. The van der Waals surface area contributed by atoms with Crippen molar-refractivity contribution < 1.29 is 13.2 Å². The molecule has 0 aromatic carbocycles. The Morgan fingerprint density at radius 3 is 2.60 bits per heavy atom. The lowest BCUT2D eigenvalue weighted by Gasteiger charge is -2.35. The Kier molecular flexibility index (Phi) is 4.00. The molecule has 0 radical (unpaired) electrons. The predicted octanol–water partition coefficient (Wildman–Crippen LogP) is 2.05. The number of halogens is 3. The maximum Gasteiger partial charge on any atom is 0.401 e. The van der Waals surface area contributed by atoms with E-state index in [-0.39, 0.29) is 5.92 Å². The number of alkyl halides is 3. The third-order valence-corrected chi connectivity index (χ3v) is 3.45. The first-order valence-corrected chi connectivity index (χ1v) is 5.45. The van der Waals surface area contributed by atoms with Crippen LogP contribution in [0.2, 0.25) is 0 Å². The topological polar surface area (TPSA) is 38.0 Å². The van der Waals surface area contributed by atoms with E-state index in [1.165, 1.54) is 0 Å². The summed E-state index contributed by atoms with van der Waals surface area (Å²) in [5.74, 6) is 0.282. The Labute approximate surface area is 88.4 Å². The van der Waals surface area contributed by atoms with Gasteiger partial charge in [-0.25, -0.2) is 0 Å². The molecule has 0 amide bonds. The monoisotopic (exact) mass is 224 g/mol. The van der Waals surface area contributed by atoms with Gasteiger partial charge < -0.3 is 11.1 Å². The molecule has 2 unspecified atom stereocenters. The zero-order valence-corrected chi connectivity index (χ0v) is 9.03. The van der Waals surface area contributed by atoms with Crippen LogP contribution in [-0.2, 0) is 0 Å². The highest BCUT2D eigenvalue weighted by Gasteiger charge is 2.42. The Balaban J connectivity index is 2.60. The van der Waals surface area contributed by atoms with Gasteiger partial charge in [-0.2, -0.15) is 13.2 Å². The summed E-state index contributed by atoms with van der Waals surface area (Å²) in [7, 11) is 0. The number of nitrogens with two attached hydrogens (primary N) is 1. The third kappa shape index (κ3) is 3.08. The molecule has 2 atom stereocenters. The van der Waals surface area contributed by atoms with Gasteiger partial charge in [0, 0.05) is 12.1 Å². The Morgan fingerprint density at radius 2 is 2.13 bits per heavy atom. The molecule has 0 spiro atoms. The van der Waals surface area contributed by atoms with Crippen LogP contribution in [0.1, 0.15) is 32.6 Å².